The number of nitrogens with two attached hydrogens (primary N) is 2. The zero-order valence-electron chi connectivity index (χ0n) is 9.48. The van der Waals surface area contributed by atoms with Gasteiger partial charge in [-0.1, -0.05) is 17.7 Å². The van der Waals surface area contributed by atoms with Crippen LogP contribution in [0.4, 0.5) is 0 Å². The van der Waals surface area contributed by atoms with Crippen molar-refractivity contribution in [3.63, 3.8) is 0 Å². The van der Waals surface area contributed by atoms with E-state index < -0.39 is 0 Å². The highest BCUT2D eigenvalue weighted by atomic mass is 35.5. The Balaban J connectivity index is 3.11. The monoisotopic (exact) mass is 272 g/mol. The molecule has 0 heterocycles. The minimum Gasteiger partial charge on any atom is -0.494 e. The van der Waals surface area contributed by atoms with Crippen LogP contribution < -0.4 is 16.2 Å². The summed E-state index contributed by atoms with van der Waals surface area (Å²) in [6.07, 6.45) is 3.41. The van der Waals surface area contributed by atoms with Gasteiger partial charge in [-0.2, -0.15) is 5.10 Å². The van der Waals surface area contributed by atoms with E-state index in [1.165, 1.54) is 6.21 Å². The lowest BCUT2D eigenvalue weighted by atomic mass is 10.2. The molecule has 1 aromatic rings. The van der Waals surface area contributed by atoms with Gasteiger partial charge in [-0.05, 0) is 12.3 Å². The smallest absolute Gasteiger partial charge is 0.211 e. The van der Waals surface area contributed by atoms with Gasteiger partial charge in [0.25, 0.3) is 0 Å². The summed E-state index contributed by atoms with van der Waals surface area (Å²) in [5.74, 6) is 0.512. The molecule has 4 N–H and O–H groups in total. The van der Waals surface area contributed by atoms with Crippen LogP contribution >= 0.6 is 23.4 Å². The van der Waals surface area contributed by atoms with Crippen LogP contribution in [0.5, 0.6) is 5.75 Å². The molecule has 0 unspecified atom stereocenters. The average Bonchev–Trinajstić information content (AvgIpc) is 2.30. The Labute approximate surface area is 109 Å². The molecule has 17 heavy (non-hydrogen) atoms. The number of rotatable bonds is 4. The summed E-state index contributed by atoms with van der Waals surface area (Å²) in [6, 6.07) is 3.72. The number of hydrogen-bond donors (Lipinski definition) is 2. The highest BCUT2D eigenvalue weighted by molar-refractivity contribution is 7.98. The van der Waals surface area contributed by atoms with Crippen molar-refractivity contribution in [1.82, 2.24) is 0 Å². The quantitative estimate of drug-likeness (QED) is 0.378. The van der Waals surface area contributed by atoms with Crippen LogP contribution in [0.15, 0.2) is 27.2 Å². The molecule has 0 radical (unpaired) electrons. The molecule has 0 saturated heterocycles. The Morgan fingerprint density at radius 3 is 2.71 bits per heavy atom. The lowest BCUT2D eigenvalue weighted by Gasteiger charge is -2.09. The third-order valence-electron chi connectivity index (χ3n) is 1.88. The van der Waals surface area contributed by atoms with E-state index >= 15 is 0 Å². The van der Waals surface area contributed by atoms with Gasteiger partial charge in [-0.15, -0.1) is 16.9 Å². The number of thioether (sulfide) groups is 1. The fraction of sp³-hybridized carbons (Fsp3) is 0.200. The zero-order valence-corrected chi connectivity index (χ0v) is 11.0. The number of nitrogens with zero attached hydrogens (tertiary/aromatic N) is 2. The number of ether oxygens (including phenoxy) is 1. The first-order valence-corrected chi connectivity index (χ1v) is 6.22. The maximum Gasteiger partial charge on any atom is 0.211 e. The lowest BCUT2D eigenvalue weighted by molar-refractivity contribution is 0.405. The second kappa shape index (κ2) is 6.36. The van der Waals surface area contributed by atoms with Gasteiger partial charge in [-0.25, -0.2) is 0 Å². The van der Waals surface area contributed by atoms with Crippen molar-refractivity contribution in [3.8, 4) is 5.75 Å². The van der Waals surface area contributed by atoms with Crippen molar-refractivity contribution in [1.29, 1.82) is 0 Å². The molecule has 0 aliphatic rings. The molecule has 7 heteroatoms. The molecule has 5 nitrogen and oxygen atoms in total. The molecular weight excluding hydrogens is 260 g/mol. The number of methoxy groups -OCH3 is 1. The molecule has 0 bridgehead atoms. The van der Waals surface area contributed by atoms with E-state index in [1.54, 1.807) is 18.9 Å². The van der Waals surface area contributed by atoms with Gasteiger partial charge in [0.2, 0.25) is 5.96 Å². The van der Waals surface area contributed by atoms with Crippen LogP contribution in [0, 0.1) is 0 Å². The Bertz CT molecular complexity index is 458. The molecule has 0 aliphatic heterocycles. The second-order valence-electron chi connectivity index (χ2n) is 2.97. The lowest BCUT2D eigenvalue weighted by Crippen LogP contribution is -2.21. The van der Waals surface area contributed by atoms with Gasteiger partial charge in [-0.3, -0.25) is 0 Å². The Hall–Kier alpha value is -1.40. The van der Waals surface area contributed by atoms with Crippen molar-refractivity contribution in [2.75, 3.05) is 13.4 Å². The largest absolute Gasteiger partial charge is 0.494 e. The average molecular weight is 273 g/mol. The van der Waals surface area contributed by atoms with E-state index in [0.717, 1.165) is 4.90 Å². The van der Waals surface area contributed by atoms with Gasteiger partial charge in [0.1, 0.15) is 0 Å². The highest BCUT2D eigenvalue weighted by Gasteiger charge is 2.10. The van der Waals surface area contributed by atoms with Crippen LogP contribution in [0.1, 0.15) is 5.56 Å². The predicted molar refractivity (Wildman–Crippen MR) is 73.2 cm³/mol. The summed E-state index contributed by atoms with van der Waals surface area (Å²) in [7, 11) is 1.57. The minimum absolute atomic E-state index is 0.106. The van der Waals surface area contributed by atoms with Crippen molar-refractivity contribution in [2.24, 2.45) is 21.7 Å². The Morgan fingerprint density at radius 1 is 1.47 bits per heavy atom. The number of benzene rings is 1. The number of halogens is 1. The summed E-state index contributed by atoms with van der Waals surface area (Å²) in [6.45, 7) is 0. The standard InChI is InChI=1S/C10H13ClN4OS/c1-16-9-7(17-2)4-3-6(8(9)11)5-14-15-10(12)13/h3-5H,1-2H3,(H4,12,13,15)/b14-5+. The van der Waals surface area contributed by atoms with E-state index in [-0.39, 0.29) is 5.96 Å². The van der Waals surface area contributed by atoms with E-state index in [9.17, 15) is 0 Å². The van der Waals surface area contributed by atoms with Crippen LogP contribution in [-0.2, 0) is 0 Å². The third-order valence-corrected chi connectivity index (χ3v) is 3.04. The molecular formula is C10H13ClN4OS. The van der Waals surface area contributed by atoms with Gasteiger partial charge in [0.05, 0.1) is 23.2 Å². The first kappa shape index (κ1) is 13.7. The maximum atomic E-state index is 6.17. The van der Waals surface area contributed by atoms with E-state index in [2.05, 4.69) is 10.2 Å². The van der Waals surface area contributed by atoms with Crippen LogP contribution in [0.2, 0.25) is 5.02 Å². The minimum atomic E-state index is -0.106. The molecule has 0 saturated carbocycles. The van der Waals surface area contributed by atoms with Crippen LogP contribution in [0.3, 0.4) is 0 Å². The Kier molecular flexibility index (Phi) is 5.11. The third kappa shape index (κ3) is 3.54. The van der Waals surface area contributed by atoms with Crippen molar-refractivity contribution < 1.29 is 4.74 Å². The first-order valence-electron chi connectivity index (χ1n) is 4.62. The van der Waals surface area contributed by atoms with Gasteiger partial charge in [0, 0.05) is 5.56 Å². The summed E-state index contributed by atoms with van der Waals surface area (Å²) in [4.78, 5) is 0.955. The SMILES string of the molecule is COc1c(SC)ccc(/C=N/N=C(N)N)c1Cl. The second-order valence-corrected chi connectivity index (χ2v) is 4.20. The van der Waals surface area contributed by atoms with E-state index in [1.807, 2.05) is 18.4 Å². The molecule has 0 atom stereocenters. The van der Waals surface area contributed by atoms with E-state index in [4.69, 9.17) is 27.8 Å². The molecule has 0 aromatic heterocycles. The Morgan fingerprint density at radius 2 is 2.18 bits per heavy atom. The normalized spacial score (nSPS) is 10.5. The van der Waals surface area contributed by atoms with Crippen molar-refractivity contribution in [3.05, 3.63) is 22.7 Å². The summed E-state index contributed by atoms with van der Waals surface area (Å²) in [5.41, 5.74) is 11.0. The van der Waals surface area contributed by atoms with Crippen LogP contribution in [-0.4, -0.2) is 25.5 Å². The molecule has 0 fully saturated rings. The number of guanidine groups is 1. The molecule has 1 rings (SSSR count). The molecule has 0 amide bonds. The summed E-state index contributed by atoms with van der Waals surface area (Å²) < 4.78 is 5.24. The molecule has 92 valence electrons. The molecule has 1 aromatic carbocycles. The van der Waals surface area contributed by atoms with Crippen molar-refractivity contribution in [2.45, 2.75) is 4.90 Å². The van der Waals surface area contributed by atoms with Gasteiger partial charge < -0.3 is 16.2 Å². The molecule has 0 spiro atoms. The van der Waals surface area contributed by atoms with E-state index in [0.29, 0.717) is 16.3 Å². The summed E-state index contributed by atoms with van der Waals surface area (Å²) >= 11 is 7.72. The van der Waals surface area contributed by atoms with Crippen molar-refractivity contribution >= 4 is 35.5 Å². The predicted octanol–water partition coefficient (Wildman–Crippen LogP) is 1.68. The zero-order chi connectivity index (χ0) is 12.8. The van der Waals surface area contributed by atoms with Gasteiger partial charge >= 0.3 is 0 Å². The van der Waals surface area contributed by atoms with Crippen LogP contribution in [0.25, 0.3) is 0 Å². The topological polar surface area (TPSA) is 86.0 Å². The maximum absolute atomic E-state index is 6.17. The fourth-order valence-electron chi connectivity index (χ4n) is 1.16. The summed E-state index contributed by atoms with van der Waals surface area (Å²) in [5, 5.41) is 7.68. The highest BCUT2D eigenvalue weighted by Crippen LogP contribution is 2.36. The fourth-order valence-corrected chi connectivity index (χ4v) is 2.08. The van der Waals surface area contributed by atoms with Gasteiger partial charge in [0.15, 0.2) is 5.75 Å². The first-order chi connectivity index (χ1) is 8.10. The number of hydrogen-bond acceptors (Lipinski definition) is 4. The molecule has 0 aliphatic carbocycles.